The molecule has 0 aliphatic carbocycles. The fourth-order valence-corrected chi connectivity index (χ4v) is 2.79. The Morgan fingerprint density at radius 3 is 2.50 bits per heavy atom. The van der Waals surface area contributed by atoms with Crippen molar-refractivity contribution < 1.29 is 23.9 Å². The first kappa shape index (κ1) is 16.1. The van der Waals surface area contributed by atoms with Crippen LogP contribution in [0.3, 0.4) is 0 Å². The molecule has 0 aromatic heterocycles. The molecule has 1 saturated heterocycles. The van der Waals surface area contributed by atoms with E-state index in [0.29, 0.717) is 43.0 Å². The number of hydrogen-bond acceptors (Lipinski definition) is 5. The Hall–Kier alpha value is -2.77. The maximum absolute atomic E-state index is 12.1. The molecule has 8 heteroatoms. The van der Waals surface area contributed by atoms with Crippen molar-refractivity contribution in [3.05, 3.63) is 23.8 Å². The average molecular weight is 333 g/mol. The summed E-state index contributed by atoms with van der Waals surface area (Å²) in [7, 11) is 0. The third kappa shape index (κ3) is 3.42. The minimum atomic E-state index is -0.428. The van der Waals surface area contributed by atoms with E-state index in [4.69, 9.17) is 9.47 Å². The molecule has 0 radical (unpaired) electrons. The number of rotatable bonds is 2. The van der Waals surface area contributed by atoms with E-state index in [2.05, 4.69) is 10.9 Å². The van der Waals surface area contributed by atoms with Gasteiger partial charge in [-0.05, 0) is 31.0 Å². The predicted octanol–water partition coefficient (Wildman–Crippen LogP) is 0.435. The van der Waals surface area contributed by atoms with Crippen LogP contribution >= 0.6 is 0 Å². The van der Waals surface area contributed by atoms with Gasteiger partial charge in [0.15, 0.2) is 11.5 Å². The zero-order chi connectivity index (χ0) is 17.1. The lowest BCUT2D eigenvalue weighted by atomic mass is 9.96. The van der Waals surface area contributed by atoms with Crippen LogP contribution < -0.4 is 20.3 Å². The van der Waals surface area contributed by atoms with Gasteiger partial charge < -0.3 is 14.4 Å². The number of amides is 3. The van der Waals surface area contributed by atoms with Crippen LogP contribution in [0.15, 0.2) is 18.2 Å². The highest BCUT2D eigenvalue weighted by molar-refractivity contribution is 5.96. The van der Waals surface area contributed by atoms with E-state index in [9.17, 15) is 14.4 Å². The summed E-state index contributed by atoms with van der Waals surface area (Å²) in [6.45, 7) is 2.77. The number of piperidine rings is 1. The fourth-order valence-electron chi connectivity index (χ4n) is 2.79. The first-order valence-corrected chi connectivity index (χ1v) is 7.80. The Bertz CT molecular complexity index is 668. The highest BCUT2D eigenvalue weighted by Crippen LogP contribution is 2.32. The standard InChI is InChI=1S/C16H19N3O5/c1-10(20)19-6-4-11(5-7-19)15(21)17-18-16(22)12-2-3-13-14(8-12)24-9-23-13/h2-3,8,11H,4-7,9H2,1H3,(H,17,21)(H,18,22). The van der Waals surface area contributed by atoms with Crippen molar-refractivity contribution in [3.8, 4) is 11.5 Å². The van der Waals surface area contributed by atoms with Crippen LogP contribution in [0.2, 0.25) is 0 Å². The molecule has 0 saturated carbocycles. The van der Waals surface area contributed by atoms with Gasteiger partial charge in [-0.15, -0.1) is 0 Å². The smallest absolute Gasteiger partial charge is 0.269 e. The lowest BCUT2D eigenvalue weighted by Crippen LogP contribution is -2.47. The number of benzene rings is 1. The van der Waals surface area contributed by atoms with Gasteiger partial charge in [0.2, 0.25) is 18.6 Å². The third-order valence-electron chi connectivity index (χ3n) is 4.25. The van der Waals surface area contributed by atoms with Gasteiger partial charge in [-0.2, -0.15) is 0 Å². The third-order valence-corrected chi connectivity index (χ3v) is 4.25. The summed E-state index contributed by atoms with van der Waals surface area (Å²) < 4.78 is 10.4. The number of carbonyl (C=O) groups is 3. The summed E-state index contributed by atoms with van der Waals surface area (Å²) in [4.78, 5) is 37.2. The number of nitrogens with zero attached hydrogens (tertiary/aromatic N) is 1. The SMILES string of the molecule is CC(=O)N1CCC(C(=O)NNC(=O)c2ccc3c(c2)OCO3)CC1. The number of carbonyl (C=O) groups excluding carboxylic acids is 3. The summed E-state index contributed by atoms with van der Waals surface area (Å²) >= 11 is 0. The minimum absolute atomic E-state index is 0.0185. The molecule has 1 aromatic rings. The zero-order valence-electron chi connectivity index (χ0n) is 13.3. The van der Waals surface area contributed by atoms with Crippen LogP contribution in [-0.2, 0) is 9.59 Å². The largest absolute Gasteiger partial charge is 0.454 e. The van der Waals surface area contributed by atoms with Crippen molar-refractivity contribution in [2.45, 2.75) is 19.8 Å². The lowest BCUT2D eigenvalue weighted by Gasteiger charge is -2.30. The molecule has 0 atom stereocenters. The van der Waals surface area contributed by atoms with Gasteiger partial charge in [0.25, 0.3) is 5.91 Å². The fraction of sp³-hybridized carbons (Fsp3) is 0.438. The first-order chi connectivity index (χ1) is 11.5. The van der Waals surface area contributed by atoms with Crippen molar-refractivity contribution in [1.29, 1.82) is 0 Å². The molecule has 0 unspecified atom stereocenters. The summed E-state index contributed by atoms with van der Waals surface area (Å²) in [5.41, 5.74) is 5.22. The number of ether oxygens (including phenoxy) is 2. The molecule has 2 aliphatic heterocycles. The van der Waals surface area contributed by atoms with E-state index in [1.165, 1.54) is 6.92 Å². The molecule has 24 heavy (non-hydrogen) atoms. The quantitative estimate of drug-likeness (QED) is 0.765. The molecular formula is C16H19N3O5. The molecule has 1 fully saturated rings. The first-order valence-electron chi connectivity index (χ1n) is 7.80. The minimum Gasteiger partial charge on any atom is -0.454 e. The number of fused-ring (bicyclic) bond motifs is 1. The number of hydrogen-bond donors (Lipinski definition) is 2. The van der Waals surface area contributed by atoms with Crippen LogP contribution in [0.1, 0.15) is 30.1 Å². The van der Waals surface area contributed by atoms with Crippen LogP contribution in [0.25, 0.3) is 0 Å². The van der Waals surface area contributed by atoms with Crippen LogP contribution in [0, 0.1) is 5.92 Å². The molecule has 2 aliphatic rings. The molecule has 0 spiro atoms. The van der Waals surface area contributed by atoms with E-state index < -0.39 is 5.91 Å². The molecular weight excluding hydrogens is 314 g/mol. The van der Waals surface area contributed by atoms with Crippen molar-refractivity contribution in [1.82, 2.24) is 15.8 Å². The number of hydrazine groups is 1. The maximum atomic E-state index is 12.1. The summed E-state index contributed by atoms with van der Waals surface area (Å²) in [6, 6.07) is 4.81. The normalized spacial score (nSPS) is 16.6. The molecule has 0 bridgehead atoms. The van der Waals surface area contributed by atoms with Gasteiger partial charge in [0, 0.05) is 31.5 Å². The molecule has 2 N–H and O–H groups in total. The van der Waals surface area contributed by atoms with Crippen LogP contribution in [0.5, 0.6) is 11.5 Å². The topological polar surface area (TPSA) is 97.0 Å². The van der Waals surface area contributed by atoms with Crippen molar-refractivity contribution in [3.63, 3.8) is 0 Å². The van der Waals surface area contributed by atoms with E-state index in [0.717, 1.165) is 0 Å². The molecule has 3 amide bonds. The van der Waals surface area contributed by atoms with Gasteiger partial charge in [-0.25, -0.2) is 0 Å². The Morgan fingerprint density at radius 2 is 1.79 bits per heavy atom. The van der Waals surface area contributed by atoms with E-state index in [1.54, 1.807) is 23.1 Å². The van der Waals surface area contributed by atoms with Gasteiger partial charge in [0.05, 0.1) is 0 Å². The number of nitrogens with one attached hydrogen (secondary N) is 2. The average Bonchev–Trinajstić information content (AvgIpc) is 3.07. The molecule has 8 nitrogen and oxygen atoms in total. The summed E-state index contributed by atoms with van der Waals surface area (Å²) in [5, 5.41) is 0. The van der Waals surface area contributed by atoms with Crippen molar-refractivity contribution in [2.75, 3.05) is 19.9 Å². The lowest BCUT2D eigenvalue weighted by molar-refractivity contribution is -0.134. The van der Waals surface area contributed by atoms with Gasteiger partial charge in [-0.3, -0.25) is 25.2 Å². The molecule has 128 valence electrons. The van der Waals surface area contributed by atoms with E-state index in [1.807, 2.05) is 0 Å². The van der Waals surface area contributed by atoms with Gasteiger partial charge in [0.1, 0.15) is 0 Å². The monoisotopic (exact) mass is 333 g/mol. The van der Waals surface area contributed by atoms with Gasteiger partial charge >= 0.3 is 0 Å². The predicted molar refractivity (Wildman–Crippen MR) is 83.2 cm³/mol. The Balaban J connectivity index is 1.49. The Labute approximate surface area is 139 Å². The molecule has 2 heterocycles. The second kappa shape index (κ2) is 6.77. The maximum Gasteiger partial charge on any atom is 0.269 e. The highest BCUT2D eigenvalue weighted by Gasteiger charge is 2.26. The Morgan fingerprint density at radius 1 is 1.08 bits per heavy atom. The molecule has 1 aromatic carbocycles. The van der Waals surface area contributed by atoms with Crippen LogP contribution in [-0.4, -0.2) is 42.5 Å². The van der Waals surface area contributed by atoms with Crippen molar-refractivity contribution in [2.24, 2.45) is 5.92 Å². The Kier molecular flexibility index (Phi) is 4.54. The zero-order valence-corrected chi connectivity index (χ0v) is 13.3. The van der Waals surface area contributed by atoms with Crippen molar-refractivity contribution >= 4 is 17.7 Å². The number of likely N-dealkylation sites (tertiary alicyclic amines) is 1. The second-order valence-corrected chi connectivity index (χ2v) is 5.79. The summed E-state index contributed by atoms with van der Waals surface area (Å²) in [5.74, 6) is 0.233. The van der Waals surface area contributed by atoms with Crippen LogP contribution in [0.4, 0.5) is 0 Å². The van der Waals surface area contributed by atoms with E-state index >= 15 is 0 Å². The second-order valence-electron chi connectivity index (χ2n) is 5.79. The summed E-state index contributed by atoms with van der Waals surface area (Å²) in [6.07, 6.45) is 1.18. The van der Waals surface area contributed by atoms with Gasteiger partial charge in [-0.1, -0.05) is 0 Å². The molecule has 3 rings (SSSR count). The highest BCUT2D eigenvalue weighted by atomic mass is 16.7. The van der Waals surface area contributed by atoms with E-state index in [-0.39, 0.29) is 24.5 Å².